The monoisotopic (exact) mass is 258 g/mol. The van der Waals surface area contributed by atoms with Gasteiger partial charge in [-0.2, -0.15) is 0 Å². The van der Waals surface area contributed by atoms with Crippen molar-refractivity contribution in [3.05, 3.63) is 0 Å². The summed E-state index contributed by atoms with van der Waals surface area (Å²) in [6, 6.07) is 0. The molecule has 0 fully saturated rings. The SMILES string of the molecule is CCCCCCCCCCCC(=O)OCl.[NaH]. The molecule has 0 saturated carbocycles. The van der Waals surface area contributed by atoms with Crippen molar-refractivity contribution in [1.29, 1.82) is 0 Å². The molecule has 0 aromatic carbocycles. The van der Waals surface area contributed by atoms with Crippen molar-refractivity contribution >= 4 is 47.4 Å². The van der Waals surface area contributed by atoms with Crippen LogP contribution in [-0.2, 0) is 9.08 Å². The Morgan fingerprint density at radius 3 is 1.81 bits per heavy atom. The molecule has 0 aliphatic carbocycles. The van der Waals surface area contributed by atoms with Crippen molar-refractivity contribution < 1.29 is 9.08 Å². The molecule has 0 rings (SSSR count). The van der Waals surface area contributed by atoms with Crippen LogP contribution in [0.2, 0.25) is 0 Å². The van der Waals surface area contributed by atoms with Gasteiger partial charge in [0.2, 0.25) is 0 Å². The number of carbonyl (C=O) groups is 1. The zero-order chi connectivity index (χ0) is 11.4. The first-order valence-corrected chi connectivity index (χ1v) is 6.43. The van der Waals surface area contributed by atoms with Gasteiger partial charge < -0.3 is 4.29 Å². The fourth-order valence-electron chi connectivity index (χ4n) is 1.62. The zero-order valence-electron chi connectivity index (χ0n) is 9.77. The normalized spacial score (nSPS) is 9.62. The van der Waals surface area contributed by atoms with E-state index >= 15 is 0 Å². The van der Waals surface area contributed by atoms with E-state index in [-0.39, 0.29) is 35.5 Å². The first-order chi connectivity index (χ1) is 7.31. The molecule has 0 aliphatic heterocycles. The van der Waals surface area contributed by atoms with E-state index in [9.17, 15) is 4.79 Å². The van der Waals surface area contributed by atoms with E-state index in [2.05, 4.69) is 11.2 Å². The maximum atomic E-state index is 10.7. The van der Waals surface area contributed by atoms with Gasteiger partial charge in [-0.1, -0.05) is 58.3 Å². The molecule has 4 heteroatoms. The van der Waals surface area contributed by atoms with E-state index in [1.54, 1.807) is 0 Å². The molecule has 0 spiro atoms. The van der Waals surface area contributed by atoms with Crippen LogP contribution in [-0.4, -0.2) is 35.5 Å². The fraction of sp³-hybridized carbons (Fsp3) is 0.917. The third-order valence-electron chi connectivity index (χ3n) is 2.57. The second-order valence-electron chi connectivity index (χ2n) is 4.03. The fourth-order valence-corrected chi connectivity index (χ4v) is 1.70. The summed E-state index contributed by atoms with van der Waals surface area (Å²) in [5.41, 5.74) is 0. The van der Waals surface area contributed by atoms with Crippen LogP contribution in [0.3, 0.4) is 0 Å². The van der Waals surface area contributed by atoms with Crippen molar-refractivity contribution in [3.8, 4) is 0 Å². The molecular weight excluding hydrogens is 235 g/mol. The predicted octanol–water partition coefficient (Wildman–Crippen LogP) is 3.96. The summed E-state index contributed by atoms with van der Waals surface area (Å²) in [7, 11) is 0. The van der Waals surface area contributed by atoms with Crippen molar-refractivity contribution in [2.45, 2.75) is 71.1 Å². The molecule has 0 bridgehead atoms. The van der Waals surface area contributed by atoms with Crippen LogP contribution in [0.4, 0.5) is 0 Å². The van der Waals surface area contributed by atoms with E-state index in [0.717, 1.165) is 12.8 Å². The molecule has 0 saturated heterocycles. The number of hydrogen-bond donors (Lipinski definition) is 0. The molecule has 2 nitrogen and oxygen atoms in total. The minimum atomic E-state index is -0.306. The van der Waals surface area contributed by atoms with Gasteiger partial charge in [-0.05, 0) is 6.42 Å². The summed E-state index contributed by atoms with van der Waals surface area (Å²) in [4.78, 5) is 10.7. The summed E-state index contributed by atoms with van der Waals surface area (Å²) in [6.45, 7) is 2.23. The van der Waals surface area contributed by atoms with Crippen molar-refractivity contribution in [2.75, 3.05) is 0 Å². The second-order valence-corrected chi connectivity index (χ2v) is 4.18. The Bertz CT molecular complexity index is 154. The molecule has 0 amide bonds. The summed E-state index contributed by atoms with van der Waals surface area (Å²) >= 11 is 4.91. The van der Waals surface area contributed by atoms with Gasteiger partial charge in [0.15, 0.2) is 0 Å². The average Bonchev–Trinajstić information content (AvgIpc) is 2.26. The van der Waals surface area contributed by atoms with Crippen LogP contribution < -0.4 is 0 Å². The number of hydrogen-bond acceptors (Lipinski definition) is 2. The molecular formula is C12H24ClNaO2. The van der Waals surface area contributed by atoms with E-state index in [0.29, 0.717) is 6.42 Å². The molecule has 0 N–H and O–H groups in total. The molecule has 0 aliphatic rings. The molecule has 0 unspecified atom stereocenters. The number of carbonyl (C=O) groups excluding carboxylic acids is 1. The first kappa shape index (κ1) is 19.1. The van der Waals surface area contributed by atoms with Crippen LogP contribution in [0.1, 0.15) is 71.1 Å². The van der Waals surface area contributed by atoms with Crippen LogP contribution in [0.25, 0.3) is 0 Å². The van der Waals surface area contributed by atoms with Crippen molar-refractivity contribution in [2.24, 2.45) is 0 Å². The third kappa shape index (κ3) is 14.8. The third-order valence-corrected chi connectivity index (χ3v) is 2.74. The van der Waals surface area contributed by atoms with E-state index in [1.807, 2.05) is 0 Å². The molecule has 0 aromatic heterocycles. The van der Waals surface area contributed by atoms with Gasteiger partial charge in [0.05, 0.1) is 0 Å². The Kier molecular flexibility index (Phi) is 18.8. The number of unbranched alkanes of at least 4 members (excludes halogenated alkanes) is 8. The summed E-state index contributed by atoms with van der Waals surface area (Å²) in [5.74, 6) is -0.306. The van der Waals surface area contributed by atoms with E-state index < -0.39 is 0 Å². The topological polar surface area (TPSA) is 26.3 Å². The van der Waals surface area contributed by atoms with Crippen LogP contribution in [0, 0.1) is 0 Å². The zero-order valence-corrected chi connectivity index (χ0v) is 10.5. The van der Waals surface area contributed by atoms with E-state index in [4.69, 9.17) is 11.9 Å². The van der Waals surface area contributed by atoms with Crippen LogP contribution >= 0.6 is 11.9 Å². The Morgan fingerprint density at radius 2 is 1.38 bits per heavy atom. The molecule has 16 heavy (non-hydrogen) atoms. The van der Waals surface area contributed by atoms with Gasteiger partial charge in [-0.15, -0.1) is 0 Å². The average molecular weight is 259 g/mol. The molecule has 0 heterocycles. The first-order valence-electron chi connectivity index (χ1n) is 6.12. The van der Waals surface area contributed by atoms with Gasteiger partial charge in [0.1, 0.15) is 11.9 Å². The summed E-state index contributed by atoms with van der Waals surface area (Å²) in [5, 5.41) is 0. The predicted molar refractivity (Wildman–Crippen MR) is 70.9 cm³/mol. The van der Waals surface area contributed by atoms with Crippen molar-refractivity contribution in [3.63, 3.8) is 0 Å². The Hall–Kier alpha value is 0.760. The maximum absolute atomic E-state index is 10.7. The molecule has 0 atom stereocenters. The Morgan fingerprint density at radius 1 is 0.938 bits per heavy atom. The van der Waals surface area contributed by atoms with Gasteiger partial charge in [0.25, 0.3) is 0 Å². The molecule has 0 radical (unpaired) electrons. The Labute approximate surface area is 127 Å². The van der Waals surface area contributed by atoms with Gasteiger partial charge in [-0.3, -0.25) is 4.79 Å². The van der Waals surface area contributed by atoms with Gasteiger partial charge in [0, 0.05) is 6.42 Å². The minimum absolute atomic E-state index is 0. The van der Waals surface area contributed by atoms with Gasteiger partial charge in [-0.25, -0.2) is 0 Å². The standard InChI is InChI=1S/C12H23ClO2.Na.H/c1-2-3-4-5-6-7-8-9-10-11-12(14)15-13;;/h2-11H2,1H3;;. The summed E-state index contributed by atoms with van der Waals surface area (Å²) in [6.07, 6.45) is 11.7. The van der Waals surface area contributed by atoms with E-state index in [1.165, 1.54) is 44.9 Å². The summed E-state index contributed by atoms with van der Waals surface area (Å²) < 4.78 is 4.06. The van der Waals surface area contributed by atoms with Crippen LogP contribution in [0.5, 0.6) is 0 Å². The number of halogens is 1. The van der Waals surface area contributed by atoms with Crippen LogP contribution in [0.15, 0.2) is 0 Å². The molecule has 0 aromatic rings. The van der Waals surface area contributed by atoms with Gasteiger partial charge >= 0.3 is 35.5 Å². The number of rotatable bonds is 10. The van der Waals surface area contributed by atoms with Crippen molar-refractivity contribution in [1.82, 2.24) is 0 Å². The molecule has 92 valence electrons. The Balaban J connectivity index is 0. The quantitative estimate of drug-likeness (QED) is 0.438. The second kappa shape index (κ2) is 15.8.